The molecule has 0 saturated heterocycles. The fourth-order valence-electron chi connectivity index (χ4n) is 1.16. The average Bonchev–Trinajstić information content (AvgIpc) is 2.24. The van der Waals surface area contributed by atoms with Gasteiger partial charge in [-0.2, -0.15) is 16.2 Å². The summed E-state index contributed by atoms with van der Waals surface area (Å²) in [5.41, 5.74) is 1.33. The molecule has 0 atom stereocenters. The van der Waals surface area contributed by atoms with Crippen LogP contribution in [0.15, 0.2) is 41.7 Å². The molecule has 0 radical (unpaired) electrons. The van der Waals surface area contributed by atoms with E-state index in [1.54, 1.807) is 0 Å². The van der Waals surface area contributed by atoms with Gasteiger partial charge in [0.1, 0.15) is 0 Å². The van der Waals surface area contributed by atoms with Gasteiger partial charge in [0, 0.05) is 5.75 Å². The molecule has 1 rings (SSSR count). The van der Waals surface area contributed by atoms with E-state index in [2.05, 4.69) is 12.1 Å². The maximum Gasteiger partial charge on any atom is 0.185 e. The number of benzene rings is 1. The van der Waals surface area contributed by atoms with Crippen LogP contribution in [0.2, 0.25) is 0 Å². The summed E-state index contributed by atoms with van der Waals surface area (Å²) in [6.45, 7) is 0. The van der Waals surface area contributed by atoms with Gasteiger partial charge in [-0.25, -0.2) is 0 Å². The van der Waals surface area contributed by atoms with Gasteiger partial charge >= 0.3 is 0 Å². The molecule has 1 aromatic carbocycles. The van der Waals surface area contributed by atoms with Gasteiger partial charge in [-0.05, 0) is 30.2 Å². The highest BCUT2D eigenvalue weighted by Crippen LogP contribution is 2.14. The van der Waals surface area contributed by atoms with Crippen LogP contribution in [0.4, 0.5) is 4.39 Å². The monoisotopic (exact) mass is 244 g/mol. The van der Waals surface area contributed by atoms with Gasteiger partial charge in [0.2, 0.25) is 0 Å². The van der Waals surface area contributed by atoms with E-state index in [-0.39, 0.29) is 0 Å². The Morgan fingerprint density at radius 1 is 1.33 bits per heavy atom. The van der Waals surface area contributed by atoms with Crippen LogP contribution in [0.25, 0.3) is 0 Å². The van der Waals surface area contributed by atoms with Gasteiger partial charge in [0.05, 0.1) is 0 Å². The Bertz CT molecular complexity index is 294. The van der Waals surface area contributed by atoms with E-state index in [4.69, 9.17) is 11.6 Å². The summed E-state index contributed by atoms with van der Waals surface area (Å²) in [6.07, 6.45) is 3.11. The Labute approximate surface area is 99.5 Å². The molecule has 1 aromatic rings. The second kappa shape index (κ2) is 7.77. The SMILES string of the molecule is FC(Cl)=CCCCSCc1ccccc1. The third kappa shape index (κ3) is 6.58. The molecule has 3 heteroatoms. The van der Waals surface area contributed by atoms with Gasteiger partial charge in [-0.3, -0.25) is 0 Å². The summed E-state index contributed by atoms with van der Waals surface area (Å²) >= 11 is 6.94. The van der Waals surface area contributed by atoms with Crippen molar-refractivity contribution in [3.8, 4) is 0 Å². The first-order chi connectivity index (χ1) is 7.29. The Hall–Kier alpha value is -0.470. The zero-order valence-electron chi connectivity index (χ0n) is 8.46. The topological polar surface area (TPSA) is 0 Å². The molecule has 0 spiro atoms. The summed E-state index contributed by atoms with van der Waals surface area (Å²) in [5.74, 6) is 2.06. The van der Waals surface area contributed by atoms with E-state index in [0.717, 1.165) is 24.3 Å². The second-order valence-electron chi connectivity index (χ2n) is 3.17. The molecule has 0 bridgehead atoms. The van der Waals surface area contributed by atoms with Crippen molar-refractivity contribution in [2.45, 2.75) is 18.6 Å². The zero-order valence-corrected chi connectivity index (χ0v) is 10.0. The van der Waals surface area contributed by atoms with Crippen molar-refractivity contribution < 1.29 is 4.39 Å². The predicted octanol–water partition coefficient (Wildman–Crippen LogP) is 4.75. The summed E-state index contributed by atoms with van der Waals surface area (Å²) in [6, 6.07) is 10.3. The second-order valence-corrected chi connectivity index (χ2v) is 4.64. The van der Waals surface area contributed by atoms with E-state index in [1.165, 1.54) is 11.6 Å². The molecule has 0 aliphatic carbocycles. The molecule has 0 saturated carbocycles. The Kier molecular flexibility index (Phi) is 6.53. The summed E-state index contributed by atoms with van der Waals surface area (Å²) in [5, 5.41) is -0.594. The predicted molar refractivity (Wildman–Crippen MR) is 66.9 cm³/mol. The lowest BCUT2D eigenvalue weighted by molar-refractivity contribution is 0.686. The lowest BCUT2D eigenvalue weighted by Gasteiger charge is -2.00. The zero-order chi connectivity index (χ0) is 10.9. The Morgan fingerprint density at radius 2 is 2.07 bits per heavy atom. The minimum atomic E-state index is -0.594. The average molecular weight is 245 g/mol. The van der Waals surface area contributed by atoms with Crippen LogP contribution in [0.3, 0.4) is 0 Å². The fourth-order valence-corrected chi connectivity index (χ4v) is 2.21. The molecule has 0 N–H and O–H groups in total. The summed E-state index contributed by atoms with van der Waals surface area (Å²) < 4.78 is 12.1. The van der Waals surface area contributed by atoms with Crippen molar-refractivity contribution in [1.82, 2.24) is 0 Å². The van der Waals surface area contributed by atoms with Crippen LogP contribution >= 0.6 is 23.4 Å². The third-order valence-electron chi connectivity index (χ3n) is 1.90. The normalized spacial score (nSPS) is 11.7. The molecular formula is C12H14ClFS. The molecule has 0 nitrogen and oxygen atoms in total. The summed E-state index contributed by atoms with van der Waals surface area (Å²) in [7, 11) is 0. The lowest BCUT2D eigenvalue weighted by atomic mass is 10.2. The summed E-state index contributed by atoms with van der Waals surface area (Å²) in [4.78, 5) is 0. The minimum absolute atomic E-state index is 0.594. The molecule has 15 heavy (non-hydrogen) atoms. The maximum atomic E-state index is 12.1. The van der Waals surface area contributed by atoms with Crippen molar-refractivity contribution in [1.29, 1.82) is 0 Å². The molecule has 0 aromatic heterocycles. The number of rotatable bonds is 6. The van der Waals surface area contributed by atoms with Crippen LogP contribution in [0.1, 0.15) is 18.4 Å². The van der Waals surface area contributed by atoms with Crippen molar-refractivity contribution in [2.75, 3.05) is 5.75 Å². The third-order valence-corrected chi connectivity index (χ3v) is 3.17. The van der Waals surface area contributed by atoms with Crippen LogP contribution < -0.4 is 0 Å². The molecule has 0 aliphatic rings. The van der Waals surface area contributed by atoms with E-state index in [1.807, 2.05) is 30.0 Å². The van der Waals surface area contributed by atoms with Gasteiger partial charge < -0.3 is 0 Å². The number of hydrogen-bond acceptors (Lipinski definition) is 1. The number of thioether (sulfide) groups is 1. The van der Waals surface area contributed by atoms with Crippen LogP contribution in [-0.4, -0.2) is 5.75 Å². The highest BCUT2D eigenvalue weighted by atomic mass is 35.5. The molecule has 0 unspecified atom stereocenters. The molecule has 82 valence electrons. The number of unbranched alkanes of at least 4 members (excludes halogenated alkanes) is 1. The molecule has 0 fully saturated rings. The fraction of sp³-hybridized carbons (Fsp3) is 0.333. The van der Waals surface area contributed by atoms with Crippen molar-refractivity contribution in [3.63, 3.8) is 0 Å². The molecular weight excluding hydrogens is 231 g/mol. The first kappa shape index (κ1) is 12.6. The quantitative estimate of drug-likeness (QED) is 0.651. The van der Waals surface area contributed by atoms with Gasteiger partial charge in [0.15, 0.2) is 5.29 Å². The van der Waals surface area contributed by atoms with Crippen LogP contribution in [0, 0.1) is 0 Å². The van der Waals surface area contributed by atoms with Crippen LogP contribution in [-0.2, 0) is 5.75 Å². The number of hydrogen-bond donors (Lipinski definition) is 0. The molecule has 0 amide bonds. The lowest BCUT2D eigenvalue weighted by Crippen LogP contribution is -1.82. The first-order valence-electron chi connectivity index (χ1n) is 4.92. The van der Waals surface area contributed by atoms with E-state index in [0.29, 0.717) is 0 Å². The minimum Gasteiger partial charge on any atom is -0.194 e. The van der Waals surface area contributed by atoms with E-state index < -0.39 is 5.29 Å². The number of allylic oxidation sites excluding steroid dienone is 1. The van der Waals surface area contributed by atoms with E-state index >= 15 is 0 Å². The van der Waals surface area contributed by atoms with Gasteiger partial charge in [-0.15, -0.1) is 0 Å². The molecule has 0 aliphatic heterocycles. The number of halogens is 2. The Morgan fingerprint density at radius 3 is 2.73 bits per heavy atom. The van der Waals surface area contributed by atoms with Crippen molar-refractivity contribution in [2.24, 2.45) is 0 Å². The molecule has 0 heterocycles. The maximum absolute atomic E-state index is 12.1. The van der Waals surface area contributed by atoms with Crippen molar-refractivity contribution >= 4 is 23.4 Å². The van der Waals surface area contributed by atoms with Gasteiger partial charge in [0.25, 0.3) is 0 Å². The van der Waals surface area contributed by atoms with Gasteiger partial charge in [-0.1, -0.05) is 41.9 Å². The van der Waals surface area contributed by atoms with Crippen molar-refractivity contribution in [3.05, 3.63) is 47.3 Å². The highest BCUT2D eigenvalue weighted by molar-refractivity contribution is 7.98. The largest absolute Gasteiger partial charge is 0.194 e. The standard InChI is InChI=1S/C12H14ClFS/c13-12(14)8-4-5-9-15-10-11-6-2-1-3-7-11/h1-3,6-8H,4-5,9-10H2. The van der Waals surface area contributed by atoms with Crippen LogP contribution in [0.5, 0.6) is 0 Å². The first-order valence-corrected chi connectivity index (χ1v) is 6.45. The smallest absolute Gasteiger partial charge is 0.185 e. The highest BCUT2D eigenvalue weighted by Gasteiger charge is 1.92. The van der Waals surface area contributed by atoms with E-state index in [9.17, 15) is 4.39 Å². The Balaban J connectivity index is 2.05.